The highest BCUT2D eigenvalue weighted by molar-refractivity contribution is 7.92. The van der Waals surface area contributed by atoms with Crippen LogP contribution in [0.3, 0.4) is 0 Å². The minimum absolute atomic E-state index is 0.132. The Morgan fingerprint density at radius 1 is 1.15 bits per heavy atom. The Balaban J connectivity index is 1.69. The zero-order valence-corrected chi connectivity index (χ0v) is 21.0. The number of nitrogens with zero attached hydrogens (tertiary/aromatic N) is 2. The van der Waals surface area contributed by atoms with Crippen molar-refractivity contribution < 1.29 is 13.2 Å². The van der Waals surface area contributed by atoms with Crippen LogP contribution in [0.15, 0.2) is 53.4 Å². The van der Waals surface area contributed by atoms with Gasteiger partial charge in [-0.3, -0.25) is 9.10 Å². The van der Waals surface area contributed by atoms with E-state index >= 15 is 0 Å². The molecule has 0 radical (unpaired) electrons. The molecular formula is C25H34ClN3O3S. The summed E-state index contributed by atoms with van der Waals surface area (Å²) in [6.45, 7) is 6.25. The van der Waals surface area contributed by atoms with Crippen molar-refractivity contribution in [3.63, 3.8) is 0 Å². The highest BCUT2D eigenvalue weighted by Gasteiger charge is 2.28. The first kappa shape index (κ1) is 25.5. The molecule has 1 N–H and O–H groups in total. The van der Waals surface area contributed by atoms with E-state index in [-0.39, 0.29) is 17.3 Å². The van der Waals surface area contributed by atoms with Gasteiger partial charge in [-0.1, -0.05) is 49.2 Å². The van der Waals surface area contributed by atoms with E-state index in [1.54, 1.807) is 43.3 Å². The second-order valence-electron chi connectivity index (χ2n) is 8.51. The van der Waals surface area contributed by atoms with Gasteiger partial charge in [-0.15, -0.1) is 0 Å². The van der Waals surface area contributed by atoms with Crippen LogP contribution in [0.5, 0.6) is 0 Å². The first-order chi connectivity index (χ1) is 15.8. The lowest BCUT2D eigenvalue weighted by Crippen LogP contribution is -2.43. The molecule has 1 saturated heterocycles. The molecule has 1 aliphatic rings. The summed E-state index contributed by atoms with van der Waals surface area (Å²) in [5, 5.41) is 3.36. The van der Waals surface area contributed by atoms with Crippen LogP contribution in [0.4, 0.5) is 5.69 Å². The molecule has 3 rings (SSSR count). The Bertz CT molecular complexity index is 1030. The van der Waals surface area contributed by atoms with E-state index in [4.69, 9.17) is 11.6 Å². The molecule has 1 fully saturated rings. The molecule has 33 heavy (non-hydrogen) atoms. The number of benzene rings is 2. The van der Waals surface area contributed by atoms with Gasteiger partial charge in [-0.2, -0.15) is 0 Å². The number of piperidine rings is 1. The molecule has 6 nitrogen and oxygen atoms in total. The summed E-state index contributed by atoms with van der Waals surface area (Å²) in [5.41, 5.74) is 1.02. The average molecular weight is 492 g/mol. The lowest BCUT2D eigenvalue weighted by atomic mass is 10.00. The average Bonchev–Trinajstić information content (AvgIpc) is 2.83. The Labute approximate surface area is 203 Å². The van der Waals surface area contributed by atoms with Gasteiger partial charge in [0, 0.05) is 24.2 Å². The van der Waals surface area contributed by atoms with Gasteiger partial charge in [0.2, 0.25) is 5.91 Å². The molecule has 0 aliphatic carbocycles. The number of anilines is 1. The SMILES string of the molecule is CCC1CCCCN1CCCNC(=O)CN(c1cccc(Cl)c1C)S(=O)(=O)c1ccccc1. The van der Waals surface area contributed by atoms with Gasteiger partial charge in [0.25, 0.3) is 10.0 Å². The first-order valence-electron chi connectivity index (χ1n) is 11.7. The number of amides is 1. The van der Waals surface area contributed by atoms with Crippen LogP contribution < -0.4 is 9.62 Å². The molecule has 1 amide bonds. The number of rotatable bonds is 10. The van der Waals surface area contributed by atoms with Crippen molar-refractivity contribution in [2.75, 3.05) is 30.5 Å². The molecule has 1 heterocycles. The summed E-state index contributed by atoms with van der Waals surface area (Å²) in [4.78, 5) is 15.5. The van der Waals surface area contributed by atoms with E-state index in [0.29, 0.717) is 28.9 Å². The van der Waals surface area contributed by atoms with Crippen molar-refractivity contribution >= 4 is 33.2 Å². The molecule has 1 atom stereocenters. The zero-order chi connectivity index (χ0) is 23.8. The highest BCUT2D eigenvalue weighted by Crippen LogP contribution is 2.30. The Hall–Kier alpha value is -2.09. The van der Waals surface area contributed by atoms with Crippen LogP contribution in [-0.2, 0) is 14.8 Å². The second-order valence-corrected chi connectivity index (χ2v) is 10.8. The molecule has 2 aromatic carbocycles. The molecule has 180 valence electrons. The number of sulfonamides is 1. The first-order valence-corrected chi connectivity index (χ1v) is 13.5. The van der Waals surface area contributed by atoms with Crippen LogP contribution >= 0.6 is 11.6 Å². The topological polar surface area (TPSA) is 69.7 Å². The fourth-order valence-electron chi connectivity index (χ4n) is 4.40. The van der Waals surface area contributed by atoms with Gasteiger partial charge in [0.1, 0.15) is 6.54 Å². The predicted molar refractivity (Wildman–Crippen MR) is 134 cm³/mol. The largest absolute Gasteiger partial charge is 0.354 e. The van der Waals surface area contributed by atoms with Crippen molar-refractivity contribution in [3.8, 4) is 0 Å². The van der Waals surface area contributed by atoms with Crippen LogP contribution in [0.2, 0.25) is 5.02 Å². The number of hydrogen-bond donors (Lipinski definition) is 1. The zero-order valence-electron chi connectivity index (χ0n) is 19.5. The quantitative estimate of drug-likeness (QED) is 0.492. The van der Waals surface area contributed by atoms with Gasteiger partial charge in [-0.05, 0) is 69.0 Å². The van der Waals surface area contributed by atoms with Crippen LogP contribution in [0.25, 0.3) is 0 Å². The van der Waals surface area contributed by atoms with Gasteiger partial charge in [0.15, 0.2) is 0 Å². The number of carbonyl (C=O) groups is 1. The molecule has 0 saturated carbocycles. The Morgan fingerprint density at radius 2 is 1.91 bits per heavy atom. The number of hydrogen-bond acceptors (Lipinski definition) is 4. The lowest BCUT2D eigenvalue weighted by Gasteiger charge is -2.35. The van der Waals surface area contributed by atoms with Crippen LogP contribution in [-0.4, -0.2) is 51.4 Å². The smallest absolute Gasteiger partial charge is 0.264 e. The molecule has 0 bridgehead atoms. The van der Waals surface area contributed by atoms with Crippen LogP contribution in [0, 0.1) is 6.92 Å². The molecular weight excluding hydrogens is 458 g/mol. The monoisotopic (exact) mass is 491 g/mol. The molecule has 1 aliphatic heterocycles. The third-order valence-electron chi connectivity index (χ3n) is 6.29. The van der Waals surface area contributed by atoms with E-state index in [1.807, 2.05) is 0 Å². The molecule has 8 heteroatoms. The molecule has 0 spiro atoms. The summed E-state index contributed by atoms with van der Waals surface area (Å²) in [5.74, 6) is -0.334. The minimum atomic E-state index is -3.94. The second kappa shape index (κ2) is 11.9. The maximum atomic E-state index is 13.4. The van der Waals surface area contributed by atoms with E-state index in [9.17, 15) is 13.2 Å². The maximum absolute atomic E-state index is 13.4. The number of halogens is 1. The number of likely N-dealkylation sites (tertiary alicyclic amines) is 1. The Kier molecular flexibility index (Phi) is 9.18. The van der Waals surface area contributed by atoms with Crippen molar-refractivity contribution in [3.05, 3.63) is 59.1 Å². The van der Waals surface area contributed by atoms with Crippen molar-refractivity contribution in [2.45, 2.75) is 56.9 Å². The van der Waals surface area contributed by atoms with Crippen LogP contribution in [0.1, 0.15) is 44.6 Å². The number of carbonyl (C=O) groups excluding carboxylic acids is 1. The Morgan fingerprint density at radius 3 is 2.64 bits per heavy atom. The van der Waals surface area contributed by atoms with E-state index in [0.717, 1.165) is 30.2 Å². The normalized spacial score (nSPS) is 17.0. The minimum Gasteiger partial charge on any atom is -0.354 e. The standard InChI is InChI=1S/C25H34ClN3O3S/c1-3-21-11-7-8-17-28(21)18-10-16-27-25(30)19-29(24-15-9-14-23(26)20(24)2)33(31,32)22-12-5-4-6-13-22/h4-6,9,12-15,21H,3,7-8,10-11,16-19H2,1-2H3,(H,27,30). The van der Waals surface area contributed by atoms with E-state index < -0.39 is 10.0 Å². The molecule has 0 aromatic heterocycles. The van der Waals surface area contributed by atoms with Gasteiger partial charge in [0.05, 0.1) is 10.6 Å². The van der Waals surface area contributed by atoms with E-state index in [2.05, 4.69) is 17.1 Å². The van der Waals surface area contributed by atoms with Crippen molar-refractivity contribution in [2.24, 2.45) is 0 Å². The summed E-state index contributed by atoms with van der Waals surface area (Å²) >= 11 is 6.26. The molecule has 2 aromatic rings. The van der Waals surface area contributed by atoms with Crippen molar-refractivity contribution in [1.29, 1.82) is 0 Å². The third-order valence-corrected chi connectivity index (χ3v) is 8.47. The van der Waals surface area contributed by atoms with Crippen molar-refractivity contribution in [1.82, 2.24) is 10.2 Å². The van der Waals surface area contributed by atoms with Gasteiger partial charge in [-0.25, -0.2) is 8.42 Å². The third kappa shape index (κ3) is 6.49. The molecule has 1 unspecified atom stereocenters. The van der Waals surface area contributed by atoms with Gasteiger partial charge >= 0.3 is 0 Å². The van der Waals surface area contributed by atoms with E-state index in [1.165, 1.54) is 31.4 Å². The summed E-state index contributed by atoms with van der Waals surface area (Å²) in [7, 11) is -3.94. The summed E-state index contributed by atoms with van der Waals surface area (Å²) < 4.78 is 28.0. The highest BCUT2D eigenvalue weighted by atomic mass is 35.5. The predicted octanol–water partition coefficient (Wildman–Crippen LogP) is 4.61. The fraction of sp³-hybridized carbons (Fsp3) is 0.480. The number of nitrogens with one attached hydrogen (secondary N) is 1. The van der Waals surface area contributed by atoms with Gasteiger partial charge < -0.3 is 10.2 Å². The fourth-order valence-corrected chi connectivity index (χ4v) is 6.07. The maximum Gasteiger partial charge on any atom is 0.264 e. The summed E-state index contributed by atoms with van der Waals surface area (Å²) in [6.07, 6.45) is 5.75. The lowest BCUT2D eigenvalue weighted by molar-refractivity contribution is -0.119. The summed E-state index contributed by atoms with van der Waals surface area (Å²) in [6, 6.07) is 13.9.